The molecule has 0 aliphatic carbocycles. The van der Waals surface area contributed by atoms with Crippen molar-refractivity contribution >= 4 is 12.4 Å². The summed E-state index contributed by atoms with van der Waals surface area (Å²) in [6.07, 6.45) is 0.495. The first-order valence-electron chi connectivity index (χ1n) is 5.65. The number of halogens is 4. The lowest BCUT2D eigenvalue weighted by Crippen LogP contribution is -2.34. The minimum atomic E-state index is -5.14. The van der Waals surface area contributed by atoms with Crippen molar-refractivity contribution in [3.63, 3.8) is 0 Å². The maximum Gasteiger partial charge on any atom is 0.509 e. The molecular formula is C11H14BF4O2-. The van der Waals surface area contributed by atoms with Crippen molar-refractivity contribution in [2.75, 3.05) is 19.8 Å². The zero-order valence-corrected chi connectivity index (χ0v) is 9.97. The van der Waals surface area contributed by atoms with Crippen molar-refractivity contribution in [3.8, 4) is 5.75 Å². The monoisotopic (exact) mass is 265 g/mol. The fourth-order valence-electron chi connectivity index (χ4n) is 1.32. The number of hydrogen-bond acceptors (Lipinski definition) is 2. The van der Waals surface area contributed by atoms with E-state index >= 15 is 0 Å². The highest BCUT2D eigenvalue weighted by Gasteiger charge is 2.26. The summed E-state index contributed by atoms with van der Waals surface area (Å²) < 4.78 is 60.6. The average molecular weight is 265 g/mol. The van der Waals surface area contributed by atoms with Gasteiger partial charge in [-0.15, -0.1) is 5.46 Å². The predicted octanol–water partition coefficient (Wildman–Crippen LogP) is 2.69. The lowest BCUT2D eigenvalue weighted by molar-refractivity contribution is 0.130. The zero-order chi connectivity index (χ0) is 13.6. The number of rotatable bonds is 7. The first-order valence-corrected chi connectivity index (χ1v) is 5.65. The van der Waals surface area contributed by atoms with Crippen LogP contribution in [0.2, 0.25) is 0 Å². The van der Waals surface area contributed by atoms with Gasteiger partial charge in [-0.3, -0.25) is 0 Å². The summed E-state index contributed by atoms with van der Waals surface area (Å²) in [5, 5.41) is 0. The molecule has 2 nitrogen and oxygen atoms in total. The SMILES string of the molecule is CCOCCCOc1cc([B-](F)(F)F)ccc1F. The molecule has 7 heteroatoms. The molecule has 18 heavy (non-hydrogen) atoms. The van der Waals surface area contributed by atoms with Gasteiger partial charge in [0, 0.05) is 19.6 Å². The summed E-state index contributed by atoms with van der Waals surface area (Å²) in [5.41, 5.74) is -0.865. The van der Waals surface area contributed by atoms with Crippen molar-refractivity contribution in [2.45, 2.75) is 13.3 Å². The maximum absolute atomic E-state index is 13.2. The van der Waals surface area contributed by atoms with Gasteiger partial charge in [0.1, 0.15) is 0 Å². The third kappa shape index (κ3) is 4.56. The quantitative estimate of drug-likeness (QED) is 0.428. The molecule has 0 radical (unpaired) electrons. The van der Waals surface area contributed by atoms with Crippen molar-refractivity contribution in [3.05, 3.63) is 24.0 Å². The van der Waals surface area contributed by atoms with Gasteiger partial charge in [0.25, 0.3) is 0 Å². The largest absolute Gasteiger partial charge is 0.509 e. The van der Waals surface area contributed by atoms with E-state index < -0.39 is 18.3 Å². The van der Waals surface area contributed by atoms with Crippen molar-refractivity contribution < 1.29 is 26.8 Å². The minimum Gasteiger partial charge on any atom is -0.491 e. The average Bonchev–Trinajstić information content (AvgIpc) is 2.29. The van der Waals surface area contributed by atoms with E-state index in [4.69, 9.17) is 9.47 Å². The molecule has 0 aromatic heterocycles. The summed E-state index contributed by atoms with van der Waals surface area (Å²) in [6, 6.07) is 2.17. The second-order valence-corrected chi connectivity index (χ2v) is 3.66. The van der Waals surface area contributed by atoms with Crippen LogP contribution in [0.15, 0.2) is 18.2 Å². The van der Waals surface area contributed by atoms with Crippen molar-refractivity contribution in [2.24, 2.45) is 0 Å². The topological polar surface area (TPSA) is 18.5 Å². The normalized spacial score (nSPS) is 11.6. The van der Waals surface area contributed by atoms with Gasteiger partial charge in [-0.1, -0.05) is 6.07 Å². The molecule has 0 N–H and O–H groups in total. The van der Waals surface area contributed by atoms with Crippen LogP contribution in [-0.4, -0.2) is 26.8 Å². The Kier molecular flexibility index (Phi) is 5.46. The molecule has 1 aromatic rings. The Balaban J connectivity index is 2.59. The second kappa shape index (κ2) is 6.63. The Bertz CT molecular complexity index is 382. The Morgan fingerprint density at radius 2 is 1.89 bits per heavy atom. The van der Waals surface area contributed by atoms with Crippen molar-refractivity contribution in [1.82, 2.24) is 0 Å². The van der Waals surface area contributed by atoms with Gasteiger partial charge in [0.15, 0.2) is 11.6 Å². The molecule has 0 spiro atoms. The van der Waals surface area contributed by atoms with Crippen LogP contribution < -0.4 is 10.2 Å². The molecule has 0 aliphatic rings. The zero-order valence-electron chi connectivity index (χ0n) is 9.97. The van der Waals surface area contributed by atoms with E-state index in [1.807, 2.05) is 6.92 Å². The highest BCUT2D eigenvalue weighted by molar-refractivity contribution is 6.73. The van der Waals surface area contributed by atoms with E-state index in [0.29, 0.717) is 31.8 Å². The van der Waals surface area contributed by atoms with E-state index in [2.05, 4.69) is 0 Å². The molecule has 0 amide bonds. The molecule has 0 saturated heterocycles. The summed E-state index contributed by atoms with van der Waals surface area (Å²) in [7, 11) is 0. The molecule has 0 aliphatic heterocycles. The smallest absolute Gasteiger partial charge is 0.491 e. The second-order valence-electron chi connectivity index (χ2n) is 3.66. The van der Waals surface area contributed by atoms with Crippen molar-refractivity contribution in [1.29, 1.82) is 0 Å². The van der Waals surface area contributed by atoms with E-state index in [1.54, 1.807) is 0 Å². The van der Waals surface area contributed by atoms with Crippen LogP contribution in [-0.2, 0) is 4.74 Å². The summed E-state index contributed by atoms with van der Waals surface area (Å²) in [6.45, 7) is -2.21. The molecule has 0 unspecified atom stereocenters. The first kappa shape index (κ1) is 14.8. The van der Waals surface area contributed by atoms with Gasteiger partial charge in [-0.05, 0) is 19.1 Å². The van der Waals surface area contributed by atoms with Crippen LogP contribution in [0, 0.1) is 5.82 Å². The van der Waals surface area contributed by atoms with E-state index in [1.165, 1.54) is 0 Å². The van der Waals surface area contributed by atoms with E-state index in [9.17, 15) is 17.3 Å². The fourth-order valence-corrected chi connectivity index (χ4v) is 1.32. The van der Waals surface area contributed by atoms with Crippen LogP contribution in [0.1, 0.15) is 13.3 Å². The maximum atomic E-state index is 13.2. The third-order valence-corrected chi connectivity index (χ3v) is 2.23. The Morgan fingerprint density at radius 1 is 1.17 bits per heavy atom. The summed E-state index contributed by atoms with van der Waals surface area (Å²) in [5.74, 6) is -1.17. The third-order valence-electron chi connectivity index (χ3n) is 2.23. The molecule has 0 saturated carbocycles. The molecule has 0 heterocycles. The summed E-state index contributed by atoms with van der Waals surface area (Å²) in [4.78, 5) is 0. The lowest BCUT2D eigenvalue weighted by atomic mass is 9.80. The number of hydrogen-bond donors (Lipinski definition) is 0. The van der Waals surface area contributed by atoms with Crippen LogP contribution in [0.25, 0.3) is 0 Å². The van der Waals surface area contributed by atoms with Gasteiger partial charge < -0.3 is 22.4 Å². The molecule has 0 atom stereocenters. The number of benzene rings is 1. The Morgan fingerprint density at radius 3 is 2.50 bits per heavy atom. The molecular weight excluding hydrogens is 251 g/mol. The molecule has 1 rings (SSSR count). The first-order chi connectivity index (χ1) is 8.45. The molecule has 1 aromatic carbocycles. The van der Waals surface area contributed by atoms with Crippen LogP contribution in [0.3, 0.4) is 0 Å². The minimum absolute atomic E-state index is 0.116. The van der Waals surface area contributed by atoms with E-state index in [0.717, 1.165) is 6.07 Å². The number of ether oxygens (including phenoxy) is 2. The van der Waals surface area contributed by atoms with Gasteiger partial charge in [0.05, 0.1) is 6.61 Å². The van der Waals surface area contributed by atoms with Crippen LogP contribution in [0.4, 0.5) is 17.3 Å². The molecule has 0 fully saturated rings. The van der Waals surface area contributed by atoms with Gasteiger partial charge >= 0.3 is 6.98 Å². The van der Waals surface area contributed by atoms with Crippen LogP contribution >= 0.6 is 0 Å². The van der Waals surface area contributed by atoms with E-state index in [-0.39, 0.29) is 12.4 Å². The highest BCUT2D eigenvalue weighted by Crippen LogP contribution is 2.18. The Hall–Kier alpha value is -1.24. The fraction of sp³-hybridized carbons (Fsp3) is 0.455. The van der Waals surface area contributed by atoms with Gasteiger partial charge in [0.2, 0.25) is 0 Å². The van der Waals surface area contributed by atoms with Gasteiger partial charge in [-0.2, -0.15) is 0 Å². The standard InChI is InChI=1S/C11H14BF4O2/c1-2-17-6-3-7-18-11-8-9(12(14,15)16)4-5-10(11)13/h4-5,8H,2-3,6-7H2,1H3/q-1. The highest BCUT2D eigenvalue weighted by atomic mass is 19.4. The Labute approximate surface area is 103 Å². The molecule has 0 bridgehead atoms. The van der Waals surface area contributed by atoms with Gasteiger partial charge in [-0.25, -0.2) is 4.39 Å². The van der Waals surface area contributed by atoms with Crippen LogP contribution in [0.5, 0.6) is 5.75 Å². The lowest BCUT2D eigenvalue weighted by Gasteiger charge is -2.16. The summed E-state index contributed by atoms with van der Waals surface area (Å²) >= 11 is 0. The molecule has 102 valence electrons. The predicted molar refractivity (Wildman–Crippen MR) is 61.7 cm³/mol.